The Labute approximate surface area is 126 Å². The summed E-state index contributed by atoms with van der Waals surface area (Å²) in [6, 6.07) is 0. The van der Waals surface area contributed by atoms with Crippen LogP contribution < -0.4 is 0 Å². The molecule has 0 unspecified atom stereocenters. The van der Waals surface area contributed by atoms with Crippen molar-refractivity contribution < 1.29 is 14.3 Å². The minimum atomic E-state index is -1.75. The predicted octanol–water partition coefficient (Wildman–Crippen LogP) is 4.31. The van der Waals surface area contributed by atoms with Gasteiger partial charge in [-0.3, -0.25) is 0 Å². The zero-order chi connectivity index (χ0) is 15.6. The minimum absolute atomic E-state index is 0.264. The lowest BCUT2D eigenvalue weighted by Crippen LogP contribution is -2.48. The summed E-state index contributed by atoms with van der Waals surface area (Å²) in [4.78, 5) is 0. The standard InChI is InChI=1S/C16H34O3Si/c1-8-18-16(17)11-15(16)9-10-19-20(12(2)3,13(4)5)14(6)7/h12-15,17H,8-11H2,1-7H3/t15-,16+/m0/s1. The van der Waals surface area contributed by atoms with Crippen molar-refractivity contribution in [2.24, 2.45) is 5.92 Å². The fourth-order valence-corrected chi connectivity index (χ4v) is 9.40. The Morgan fingerprint density at radius 1 is 1.10 bits per heavy atom. The third-order valence-corrected chi connectivity index (χ3v) is 11.1. The fourth-order valence-electron chi connectivity index (χ4n) is 3.93. The minimum Gasteiger partial charge on any atom is -0.416 e. The van der Waals surface area contributed by atoms with Crippen molar-refractivity contribution in [1.82, 2.24) is 0 Å². The molecule has 1 aliphatic carbocycles. The Morgan fingerprint density at radius 2 is 1.60 bits per heavy atom. The van der Waals surface area contributed by atoms with Crippen molar-refractivity contribution in [2.75, 3.05) is 13.2 Å². The van der Waals surface area contributed by atoms with Gasteiger partial charge in [-0.1, -0.05) is 41.5 Å². The average Bonchev–Trinajstić information content (AvgIpc) is 2.94. The third kappa shape index (κ3) is 3.64. The van der Waals surface area contributed by atoms with Crippen molar-refractivity contribution in [3.63, 3.8) is 0 Å². The first-order valence-corrected chi connectivity index (χ1v) is 10.3. The topological polar surface area (TPSA) is 38.7 Å². The van der Waals surface area contributed by atoms with Crippen LogP contribution >= 0.6 is 0 Å². The summed E-state index contributed by atoms with van der Waals surface area (Å²) in [5.74, 6) is -0.587. The lowest BCUT2D eigenvalue weighted by molar-refractivity contribution is -0.133. The molecule has 1 fully saturated rings. The van der Waals surface area contributed by atoms with E-state index in [0.29, 0.717) is 23.2 Å². The molecule has 0 spiro atoms. The number of aliphatic hydroxyl groups is 1. The molecule has 120 valence electrons. The highest BCUT2D eigenvalue weighted by molar-refractivity contribution is 6.77. The molecule has 1 N–H and O–H groups in total. The monoisotopic (exact) mass is 302 g/mol. The van der Waals surface area contributed by atoms with Gasteiger partial charge in [0, 0.05) is 25.6 Å². The van der Waals surface area contributed by atoms with Crippen LogP contribution in [-0.2, 0) is 9.16 Å². The molecule has 0 amide bonds. The number of hydrogen-bond acceptors (Lipinski definition) is 3. The summed E-state index contributed by atoms with van der Waals surface area (Å²) in [6.45, 7) is 17.1. The van der Waals surface area contributed by atoms with Gasteiger partial charge in [0.15, 0.2) is 14.1 Å². The molecule has 4 heteroatoms. The maximum Gasteiger partial charge on any atom is 0.200 e. The van der Waals surface area contributed by atoms with Crippen LogP contribution in [0.3, 0.4) is 0 Å². The normalized spacial score (nSPS) is 26.9. The van der Waals surface area contributed by atoms with Crippen molar-refractivity contribution in [3.8, 4) is 0 Å². The molecule has 1 rings (SSSR count). The zero-order valence-electron chi connectivity index (χ0n) is 14.4. The van der Waals surface area contributed by atoms with E-state index in [1.165, 1.54) is 0 Å². The highest BCUT2D eigenvalue weighted by atomic mass is 28.4. The first-order chi connectivity index (χ1) is 9.20. The van der Waals surface area contributed by atoms with Crippen molar-refractivity contribution in [3.05, 3.63) is 0 Å². The van der Waals surface area contributed by atoms with Gasteiger partial charge in [0.05, 0.1) is 0 Å². The lowest BCUT2D eigenvalue weighted by atomic mass is 10.3. The van der Waals surface area contributed by atoms with E-state index in [9.17, 15) is 5.11 Å². The Balaban J connectivity index is 2.53. The van der Waals surface area contributed by atoms with Crippen LogP contribution in [-0.4, -0.2) is 32.4 Å². The van der Waals surface area contributed by atoms with E-state index in [0.717, 1.165) is 19.4 Å². The van der Waals surface area contributed by atoms with Crippen molar-refractivity contribution in [1.29, 1.82) is 0 Å². The van der Waals surface area contributed by atoms with Crippen LogP contribution in [0.1, 0.15) is 61.3 Å². The van der Waals surface area contributed by atoms with E-state index in [1.54, 1.807) is 0 Å². The quantitative estimate of drug-likeness (QED) is 0.509. The van der Waals surface area contributed by atoms with Crippen LogP contribution in [0.5, 0.6) is 0 Å². The van der Waals surface area contributed by atoms with Gasteiger partial charge in [-0.05, 0) is 30.0 Å². The fraction of sp³-hybridized carbons (Fsp3) is 1.00. The molecule has 0 radical (unpaired) electrons. The molecular formula is C16H34O3Si. The van der Waals surface area contributed by atoms with Gasteiger partial charge in [-0.25, -0.2) is 0 Å². The van der Waals surface area contributed by atoms with Gasteiger partial charge >= 0.3 is 0 Å². The predicted molar refractivity (Wildman–Crippen MR) is 86.3 cm³/mol. The van der Waals surface area contributed by atoms with Gasteiger partial charge in [-0.15, -0.1) is 0 Å². The van der Waals surface area contributed by atoms with Crippen LogP contribution in [0.15, 0.2) is 0 Å². The number of rotatable bonds is 9. The molecule has 0 aromatic carbocycles. The maximum atomic E-state index is 10.1. The molecule has 0 aliphatic heterocycles. The molecule has 0 heterocycles. The summed E-state index contributed by atoms with van der Waals surface area (Å²) in [7, 11) is -1.75. The molecule has 0 aromatic rings. The highest BCUT2D eigenvalue weighted by Crippen LogP contribution is 2.48. The van der Waals surface area contributed by atoms with E-state index < -0.39 is 14.1 Å². The van der Waals surface area contributed by atoms with E-state index in [4.69, 9.17) is 9.16 Å². The van der Waals surface area contributed by atoms with Crippen molar-refractivity contribution in [2.45, 2.75) is 83.7 Å². The largest absolute Gasteiger partial charge is 0.416 e. The van der Waals surface area contributed by atoms with Gasteiger partial charge in [0.25, 0.3) is 0 Å². The zero-order valence-corrected chi connectivity index (χ0v) is 15.4. The average molecular weight is 303 g/mol. The van der Waals surface area contributed by atoms with E-state index in [1.807, 2.05) is 6.92 Å². The van der Waals surface area contributed by atoms with Crippen LogP contribution in [0.4, 0.5) is 0 Å². The van der Waals surface area contributed by atoms with Gasteiger partial charge < -0.3 is 14.3 Å². The molecular weight excluding hydrogens is 268 g/mol. The van der Waals surface area contributed by atoms with E-state index >= 15 is 0 Å². The smallest absolute Gasteiger partial charge is 0.200 e. The first-order valence-electron chi connectivity index (χ1n) is 8.21. The molecule has 1 saturated carbocycles. The molecule has 1 aliphatic rings. The SMILES string of the molecule is CCO[C@]1(O)C[C@@H]1CCO[Si](C(C)C)(C(C)C)C(C)C. The van der Waals surface area contributed by atoms with Crippen LogP contribution in [0, 0.1) is 5.92 Å². The Kier molecular flexibility index (Phi) is 6.26. The van der Waals surface area contributed by atoms with Gasteiger partial charge in [-0.2, -0.15) is 0 Å². The molecule has 2 atom stereocenters. The Morgan fingerprint density at radius 3 is 2.00 bits per heavy atom. The van der Waals surface area contributed by atoms with E-state index in [2.05, 4.69) is 41.5 Å². The first kappa shape index (κ1) is 18.1. The number of hydrogen-bond donors (Lipinski definition) is 1. The highest BCUT2D eigenvalue weighted by Gasteiger charge is 2.54. The molecule has 3 nitrogen and oxygen atoms in total. The molecule has 0 saturated heterocycles. The van der Waals surface area contributed by atoms with Crippen LogP contribution in [0.25, 0.3) is 0 Å². The third-order valence-electron chi connectivity index (χ3n) is 4.94. The lowest BCUT2D eigenvalue weighted by Gasteiger charge is -2.42. The maximum absolute atomic E-state index is 10.1. The van der Waals surface area contributed by atoms with Crippen molar-refractivity contribution >= 4 is 8.32 Å². The second-order valence-corrected chi connectivity index (χ2v) is 12.6. The Bertz CT molecular complexity index is 282. The van der Waals surface area contributed by atoms with E-state index in [-0.39, 0.29) is 5.92 Å². The summed E-state index contributed by atoms with van der Waals surface area (Å²) in [5, 5.41) is 10.1. The second-order valence-electron chi connectivity index (χ2n) is 7.13. The molecule has 20 heavy (non-hydrogen) atoms. The number of ether oxygens (including phenoxy) is 1. The summed E-state index contributed by atoms with van der Waals surface area (Å²) in [6.07, 6.45) is 1.68. The summed E-state index contributed by atoms with van der Waals surface area (Å²) >= 11 is 0. The van der Waals surface area contributed by atoms with Gasteiger partial charge in [0.2, 0.25) is 0 Å². The summed E-state index contributed by atoms with van der Waals surface area (Å²) < 4.78 is 11.9. The van der Waals surface area contributed by atoms with Gasteiger partial charge in [0.1, 0.15) is 0 Å². The Hall–Kier alpha value is 0.0969. The molecule has 0 aromatic heterocycles. The van der Waals surface area contributed by atoms with Crippen LogP contribution in [0.2, 0.25) is 16.6 Å². The summed E-state index contributed by atoms with van der Waals surface area (Å²) in [5.41, 5.74) is 1.85. The molecule has 0 bridgehead atoms. The second kappa shape index (κ2) is 6.90.